The molecule has 2 heterocycles. The average molecular weight is 284 g/mol. The Morgan fingerprint density at radius 1 is 1.14 bits per heavy atom. The van der Waals surface area contributed by atoms with Gasteiger partial charge in [-0.2, -0.15) is 0 Å². The standard InChI is InChI=1S/C16H20N4O/c1-3-12-7-5-9-18-14(12)11-20-16(21)13-8-6-10-19-15(13)17-4-2/h5-10H,3-4,11H2,1-2H3,(H,17,19)(H,20,21). The Hall–Kier alpha value is -2.43. The number of amides is 1. The van der Waals surface area contributed by atoms with Crippen molar-refractivity contribution in [2.24, 2.45) is 0 Å². The van der Waals surface area contributed by atoms with Crippen LogP contribution < -0.4 is 10.6 Å². The van der Waals surface area contributed by atoms with Crippen LogP contribution in [0.1, 0.15) is 35.5 Å². The molecule has 2 aromatic heterocycles. The number of carbonyl (C=O) groups excluding carboxylic acids is 1. The molecule has 0 atom stereocenters. The van der Waals surface area contributed by atoms with Gasteiger partial charge < -0.3 is 10.6 Å². The van der Waals surface area contributed by atoms with Crippen molar-refractivity contribution in [2.45, 2.75) is 26.8 Å². The van der Waals surface area contributed by atoms with E-state index in [1.54, 1.807) is 24.5 Å². The summed E-state index contributed by atoms with van der Waals surface area (Å²) in [7, 11) is 0. The van der Waals surface area contributed by atoms with E-state index < -0.39 is 0 Å². The Labute approximate surface area is 124 Å². The van der Waals surface area contributed by atoms with Crippen LogP contribution in [0.3, 0.4) is 0 Å². The maximum Gasteiger partial charge on any atom is 0.255 e. The quantitative estimate of drug-likeness (QED) is 0.855. The third kappa shape index (κ3) is 3.78. The highest BCUT2D eigenvalue weighted by Gasteiger charge is 2.12. The Bertz CT molecular complexity index is 613. The zero-order chi connectivity index (χ0) is 15.1. The number of carbonyl (C=O) groups is 1. The van der Waals surface area contributed by atoms with Gasteiger partial charge in [0.15, 0.2) is 0 Å². The lowest BCUT2D eigenvalue weighted by Crippen LogP contribution is -2.25. The molecule has 110 valence electrons. The van der Waals surface area contributed by atoms with Gasteiger partial charge in [0, 0.05) is 18.9 Å². The van der Waals surface area contributed by atoms with Crippen LogP contribution in [0.5, 0.6) is 0 Å². The molecule has 1 amide bonds. The number of nitrogens with one attached hydrogen (secondary N) is 2. The van der Waals surface area contributed by atoms with Crippen LogP contribution in [0.15, 0.2) is 36.7 Å². The normalized spacial score (nSPS) is 10.2. The summed E-state index contributed by atoms with van der Waals surface area (Å²) in [6, 6.07) is 7.46. The second-order valence-electron chi connectivity index (χ2n) is 4.58. The molecule has 0 spiro atoms. The van der Waals surface area contributed by atoms with E-state index >= 15 is 0 Å². The highest BCUT2D eigenvalue weighted by Crippen LogP contribution is 2.12. The van der Waals surface area contributed by atoms with E-state index in [9.17, 15) is 4.79 Å². The van der Waals surface area contributed by atoms with Crippen molar-refractivity contribution in [1.82, 2.24) is 15.3 Å². The summed E-state index contributed by atoms with van der Waals surface area (Å²) >= 11 is 0. The Kier molecular flexibility index (Phi) is 5.26. The van der Waals surface area contributed by atoms with Crippen molar-refractivity contribution in [3.05, 3.63) is 53.5 Å². The summed E-state index contributed by atoms with van der Waals surface area (Å²) in [4.78, 5) is 20.8. The number of rotatable bonds is 6. The first-order chi connectivity index (χ1) is 10.3. The number of hydrogen-bond acceptors (Lipinski definition) is 4. The summed E-state index contributed by atoms with van der Waals surface area (Å²) in [5.74, 6) is 0.459. The van der Waals surface area contributed by atoms with Gasteiger partial charge in [0.1, 0.15) is 5.82 Å². The van der Waals surface area contributed by atoms with Crippen molar-refractivity contribution in [3.63, 3.8) is 0 Å². The van der Waals surface area contributed by atoms with Gasteiger partial charge in [0.05, 0.1) is 17.8 Å². The second-order valence-corrected chi connectivity index (χ2v) is 4.58. The molecule has 0 bridgehead atoms. The van der Waals surface area contributed by atoms with Gasteiger partial charge in [-0.1, -0.05) is 13.0 Å². The third-order valence-electron chi connectivity index (χ3n) is 3.18. The molecule has 5 nitrogen and oxygen atoms in total. The largest absolute Gasteiger partial charge is 0.370 e. The Morgan fingerprint density at radius 2 is 1.90 bits per heavy atom. The number of hydrogen-bond donors (Lipinski definition) is 2. The SMILES string of the molecule is CCNc1ncccc1C(=O)NCc1ncccc1CC. The number of aromatic nitrogens is 2. The van der Waals surface area contributed by atoms with Crippen LogP contribution in [0.2, 0.25) is 0 Å². The minimum atomic E-state index is -0.147. The van der Waals surface area contributed by atoms with E-state index in [1.165, 1.54) is 0 Å². The smallest absolute Gasteiger partial charge is 0.255 e. The average Bonchev–Trinajstić information content (AvgIpc) is 2.53. The van der Waals surface area contributed by atoms with Crippen molar-refractivity contribution in [3.8, 4) is 0 Å². The molecule has 21 heavy (non-hydrogen) atoms. The zero-order valence-corrected chi connectivity index (χ0v) is 12.4. The topological polar surface area (TPSA) is 66.9 Å². The fraction of sp³-hybridized carbons (Fsp3) is 0.312. The zero-order valence-electron chi connectivity index (χ0n) is 12.4. The molecule has 0 aromatic carbocycles. The molecule has 5 heteroatoms. The molecule has 0 saturated carbocycles. The lowest BCUT2D eigenvalue weighted by molar-refractivity contribution is 0.0951. The number of aryl methyl sites for hydroxylation is 1. The number of anilines is 1. The van der Waals surface area contributed by atoms with E-state index in [0.717, 1.165) is 24.2 Å². The van der Waals surface area contributed by atoms with Crippen LogP contribution >= 0.6 is 0 Å². The second kappa shape index (κ2) is 7.38. The molecule has 0 aliphatic rings. The number of pyridine rings is 2. The monoisotopic (exact) mass is 284 g/mol. The Balaban J connectivity index is 2.08. The van der Waals surface area contributed by atoms with Gasteiger partial charge in [-0.15, -0.1) is 0 Å². The van der Waals surface area contributed by atoms with Crippen LogP contribution in [0.25, 0.3) is 0 Å². The van der Waals surface area contributed by atoms with Crippen LogP contribution in [-0.2, 0) is 13.0 Å². The van der Waals surface area contributed by atoms with Crippen LogP contribution in [-0.4, -0.2) is 22.4 Å². The fourth-order valence-electron chi connectivity index (χ4n) is 2.11. The highest BCUT2D eigenvalue weighted by atomic mass is 16.1. The molecule has 0 unspecified atom stereocenters. The summed E-state index contributed by atoms with van der Waals surface area (Å²) < 4.78 is 0. The first kappa shape index (κ1) is 15.0. The fourth-order valence-corrected chi connectivity index (χ4v) is 2.11. The minimum absolute atomic E-state index is 0.147. The van der Waals surface area contributed by atoms with Crippen molar-refractivity contribution in [2.75, 3.05) is 11.9 Å². The minimum Gasteiger partial charge on any atom is -0.370 e. The summed E-state index contributed by atoms with van der Waals surface area (Å²) in [5.41, 5.74) is 2.60. The molecule has 2 N–H and O–H groups in total. The maximum atomic E-state index is 12.3. The molecule has 2 rings (SSSR count). The van der Waals surface area contributed by atoms with Crippen molar-refractivity contribution >= 4 is 11.7 Å². The molecule has 0 aliphatic carbocycles. The lowest BCUT2D eigenvalue weighted by atomic mass is 10.1. The van der Waals surface area contributed by atoms with E-state index in [0.29, 0.717) is 17.9 Å². The summed E-state index contributed by atoms with van der Waals surface area (Å²) in [6.45, 7) is 5.19. The van der Waals surface area contributed by atoms with Gasteiger partial charge in [-0.3, -0.25) is 9.78 Å². The summed E-state index contributed by atoms with van der Waals surface area (Å²) in [5, 5.41) is 6.00. The first-order valence-electron chi connectivity index (χ1n) is 7.16. The maximum absolute atomic E-state index is 12.3. The van der Waals surface area contributed by atoms with E-state index in [1.807, 2.05) is 19.1 Å². The molecule has 0 saturated heterocycles. The van der Waals surface area contributed by atoms with Crippen molar-refractivity contribution < 1.29 is 4.79 Å². The lowest BCUT2D eigenvalue weighted by Gasteiger charge is -2.11. The van der Waals surface area contributed by atoms with Crippen LogP contribution in [0.4, 0.5) is 5.82 Å². The van der Waals surface area contributed by atoms with E-state index in [4.69, 9.17) is 0 Å². The molecular formula is C16H20N4O. The van der Waals surface area contributed by atoms with Gasteiger partial charge >= 0.3 is 0 Å². The van der Waals surface area contributed by atoms with Gasteiger partial charge in [0.25, 0.3) is 5.91 Å². The molecule has 0 radical (unpaired) electrons. The summed E-state index contributed by atoms with van der Waals surface area (Å²) in [6.07, 6.45) is 4.31. The predicted molar refractivity (Wildman–Crippen MR) is 83.2 cm³/mol. The molecule has 0 fully saturated rings. The predicted octanol–water partition coefficient (Wildman–Crippen LogP) is 2.40. The van der Waals surface area contributed by atoms with E-state index in [2.05, 4.69) is 27.5 Å². The highest BCUT2D eigenvalue weighted by molar-refractivity contribution is 5.98. The van der Waals surface area contributed by atoms with Gasteiger partial charge in [-0.25, -0.2) is 4.98 Å². The van der Waals surface area contributed by atoms with E-state index in [-0.39, 0.29) is 5.91 Å². The van der Waals surface area contributed by atoms with Gasteiger partial charge in [0.2, 0.25) is 0 Å². The van der Waals surface area contributed by atoms with Crippen molar-refractivity contribution in [1.29, 1.82) is 0 Å². The Morgan fingerprint density at radius 3 is 2.67 bits per heavy atom. The molecular weight excluding hydrogens is 264 g/mol. The molecule has 2 aromatic rings. The number of nitrogens with zero attached hydrogens (tertiary/aromatic N) is 2. The van der Waals surface area contributed by atoms with Gasteiger partial charge in [-0.05, 0) is 37.1 Å². The molecule has 0 aliphatic heterocycles. The van der Waals surface area contributed by atoms with Crippen LogP contribution in [0, 0.1) is 0 Å². The first-order valence-corrected chi connectivity index (χ1v) is 7.16. The third-order valence-corrected chi connectivity index (χ3v) is 3.18.